The minimum Gasteiger partial charge on any atom is -0.348 e. The Bertz CT molecular complexity index is 459. The molecule has 1 saturated heterocycles. The summed E-state index contributed by atoms with van der Waals surface area (Å²) in [5, 5.41) is 16.1. The summed E-state index contributed by atoms with van der Waals surface area (Å²) >= 11 is 0. The van der Waals surface area contributed by atoms with E-state index < -0.39 is 0 Å². The molecule has 2 rings (SSSR count). The predicted octanol–water partition coefficient (Wildman–Crippen LogP) is -0.289. The van der Waals surface area contributed by atoms with Crippen molar-refractivity contribution >= 4 is 11.8 Å². The summed E-state index contributed by atoms with van der Waals surface area (Å²) in [5.74, 6) is 0.315. The molecule has 8 nitrogen and oxygen atoms in total. The molecule has 1 aliphatic rings. The number of hydrogen-bond acceptors (Lipinski definition) is 5. The van der Waals surface area contributed by atoms with Gasteiger partial charge in [-0.3, -0.25) is 9.59 Å². The summed E-state index contributed by atoms with van der Waals surface area (Å²) in [7, 11) is 0. The SMILES string of the molecule is CC(C)C(=O)N1CCCC(C(=O)NCc2nn[nH]n2)C1. The summed E-state index contributed by atoms with van der Waals surface area (Å²) in [6, 6.07) is 0. The Balaban J connectivity index is 1.85. The fourth-order valence-corrected chi connectivity index (χ4v) is 2.32. The molecule has 0 saturated carbocycles. The van der Waals surface area contributed by atoms with E-state index in [1.54, 1.807) is 4.90 Å². The van der Waals surface area contributed by atoms with Crippen LogP contribution in [0.25, 0.3) is 0 Å². The second-order valence-electron chi connectivity index (χ2n) is 5.32. The molecule has 2 heterocycles. The molecule has 0 spiro atoms. The fraction of sp³-hybridized carbons (Fsp3) is 0.750. The van der Waals surface area contributed by atoms with Gasteiger partial charge in [0.25, 0.3) is 0 Å². The van der Waals surface area contributed by atoms with Gasteiger partial charge in [0.15, 0.2) is 5.82 Å². The topological polar surface area (TPSA) is 104 Å². The van der Waals surface area contributed by atoms with Crippen LogP contribution in [0.1, 0.15) is 32.5 Å². The van der Waals surface area contributed by atoms with E-state index in [9.17, 15) is 9.59 Å². The molecule has 1 atom stereocenters. The lowest BCUT2D eigenvalue weighted by Crippen LogP contribution is -2.46. The molecule has 0 aromatic carbocycles. The number of tetrazole rings is 1. The van der Waals surface area contributed by atoms with Crippen LogP contribution in [0.5, 0.6) is 0 Å². The molecular formula is C12H20N6O2. The van der Waals surface area contributed by atoms with E-state index in [-0.39, 0.29) is 30.2 Å². The summed E-state index contributed by atoms with van der Waals surface area (Å²) in [6.07, 6.45) is 1.67. The van der Waals surface area contributed by atoms with Crippen LogP contribution in [-0.4, -0.2) is 50.4 Å². The lowest BCUT2D eigenvalue weighted by molar-refractivity contribution is -0.138. The number of H-pyrrole nitrogens is 1. The maximum Gasteiger partial charge on any atom is 0.225 e. The summed E-state index contributed by atoms with van der Waals surface area (Å²) in [6.45, 7) is 5.25. The molecule has 0 radical (unpaired) electrons. The Labute approximate surface area is 117 Å². The van der Waals surface area contributed by atoms with Crippen molar-refractivity contribution in [1.29, 1.82) is 0 Å². The minimum atomic E-state index is -0.154. The molecule has 1 unspecified atom stereocenters. The Kier molecular flexibility index (Phi) is 4.65. The minimum absolute atomic E-state index is 0.0314. The molecule has 1 aromatic heterocycles. The second-order valence-corrected chi connectivity index (χ2v) is 5.32. The number of amides is 2. The maximum atomic E-state index is 12.1. The summed E-state index contributed by atoms with van der Waals surface area (Å²) in [5.41, 5.74) is 0. The van der Waals surface area contributed by atoms with Gasteiger partial charge in [-0.05, 0) is 12.8 Å². The van der Waals surface area contributed by atoms with Crippen molar-refractivity contribution in [3.63, 3.8) is 0 Å². The van der Waals surface area contributed by atoms with Crippen molar-refractivity contribution in [1.82, 2.24) is 30.8 Å². The molecule has 8 heteroatoms. The van der Waals surface area contributed by atoms with Crippen LogP contribution in [-0.2, 0) is 16.1 Å². The van der Waals surface area contributed by atoms with Crippen LogP contribution in [0.3, 0.4) is 0 Å². The van der Waals surface area contributed by atoms with Gasteiger partial charge in [-0.15, -0.1) is 10.2 Å². The van der Waals surface area contributed by atoms with E-state index in [4.69, 9.17) is 0 Å². The maximum absolute atomic E-state index is 12.1. The zero-order valence-electron chi connectivity index (χ0n) is 11.8. The van der Waals surface area contributed by atoms with Crippen molar-refractivity contribution < 1.29 is 9.59 Å². The number of carbonyl (C=O) groups is 2. The number of rotatable bonds is 4. The van der Waals surface area contributed by atoms with Crippen LogP contribution in [0.2, 0.25) is 0 Å². The number of piperidine rings is 1. The largest absolute Gasteiger partial charge is 0.348 e. The van der Waals surface area contributed by atoms with Gasteiger partial charge in [0.05, 0.1) is 12.5 Å². The lowest BCUT2D eigenvalue weighted by Gasteiger charge is -2.33. The molecule has 2 N–H and O–H groups in total. The molecule has 1 fully saturated rings. The zero-order chi connectivity index (χ0) is 14.5. The molecule has 0 bridgehead atoms. The third-order valence-corrected chi connectivity index (χ3v) is 3.41. The van der Waals surface area contributed by atoms with Gasteiger partial charge in [0.2, 0.25) is 11.8 Å². The summed E-state index contributed by atoms with van der Waals surface area (Å²) in [4.78, 5) is 25.9. The second kappa shape index (κ2) is 6.44. The Hall–Kier alpha value is -1.99. The van der Waals surface area contributed by atoms with E-state index in [0.29, 0.717) is 12.4 Å². The first-order valence-corrected chi connectivity index (χ1v) is 6.86. The van der Waals surface area contributed by atoms with Crippen LogP contribution < -0.4 is 5.32 Å². The Morgan fingerprint density at radius 1 is 1.50 bits per heavy atom. The molecule has 0 aliphatic carbocycles. The average Bonchev–Trinajstić information content (AvgIpc) is 2.97. The van der Waals surface area contributed by atoms with E-state index in [2.05, 4.69) is 25.9 Å². The van der Waals surface area contributed by atoms with Gasteiger partial charge >= 0.3 is 0 Å². The van der Waals surface area contributed by atoms with Crippen LogP contribution in [0.4, 0.5) is 0 Å². The van der Waals surface area contributed by atoms with E-state index in [1.165, 1.54) is 0 Å². The summed E-state index contributed by atoms with van der Waals surface area (Å²) < 4.78 is 0. The molecule has 110 valence electrons. The van der Waals surface area contributed by atoms with Crippen molar-refractivity contribution in [2.75, 3.05) is 13.1 Å². The molecular weight excluding hydrogens is 260 g/mol. The average molecular weight is 280 g/mol. The van der Waals surface area contributed by atoms with Gasteiger partial charge in [0, 0.05) is 19.0 Å². The van der Waals surface area contributed by atoms with Crippen molar-refractivity contribution in [2.24, 2.45) is 11.8 Å². The third kappa shape index (κ3) is 3.52. The Morgan fingerprint density at radius 2 is 2.30 bits per heavy atom. The fourth-order valence-electron chi connectivity index (χ4n) is 2.32. The van der Waals surface area contributed by atoms with E-state index in [0.717, 1.165) is 19.4 Å². The van der Waals surface area contributed by atoms with E-state index >= 15 is 0 Å². The van der Waals surface area contributed by atoms with Crippen molar-refractivity contribution in [2.45, 2.75) is 33.2 Å². The van der Waals surface area contributed by atoms with Gasteiger partial charge in [-0.1, -0.05) is 19.1 Å². The standard InChI is InChI=1S/C12H20N6O2/c1-8(2)12(20)18-5-3-4-9(7-18)11(19)13-6-10-14-16-17-15-10/h8-9H,3-7H2,1-2H3,(H,13,19)(H,14,15,16,17). The van der Waals surface area contributed by atoms with Crippen molar-refractivity contribution in [3.05, 3.63) is 5.82 Å². The monoisotopic (exact) mass is 280 g/mol. The first-order valence-electron chi connectivity index (χ1n) is 6.86. The van der Waals surface area contributed by atoms with Gasteiger partial charge in [-0.25, -0.2) is 0 Å². The van der Waals surface area contributed by atoms with E-state index in [1.807, 2.05) is 13.8 Å². The molecule has 20 heavy (non-hydrogen) atoms. The number of hydrogen-bond donors (Lipinski definition) is 2. The highest BCUT2D eigenvalue weighted by molar-refractivity contribution is 5.82. The number of aromatic amines is 1. The highest BCUT2D eigenvalue weighted by atomic mass is 16.2. The zero-order valence-corrected chi connectivity index (χ0v) is 11.8. The first-order chi connectivity index (χ1) is 9.58. The molecule has 2 amide bonds. The third-order valence-electron chi connectivity index (χ3n) is 3.41. The molecule has 1 aliphatic heterocycles. The number of aromatic nitrogens is 4. The van der Waals surface area contributed by atoms with Crippen molar-refractivity contribution in [3.8, 4) is 0 Å². The first kappa shape index (κ1) is 14.4. The smallest absolute Gasteiger partial charge is 0.225 e. The number of nitrogens with zero attached hydrogens (tertiary/aromatic N) is 4. The number of nitrogens with one attached hydrogen (secondary N) is 2. The highest BCUT2D eigenvalue weighted by Gasteiger charge is 2.29. The Morgan fingerprint density at radius 3 is 2.95 bits per heavy atom. The van der Waals surface area contributed by atoms with Crippen LogP contribution in [0, 0.1) is 11.8 Å². The molecule has 1 aromatic rings. The number of likely N-dealkylation sites (tertiary alicyclic amines) is 1. The number of carbonyl (C=O) groups excluding carboxylic acids is 2. The normalized spacial score (nSPS) is 19.1. The predicted molar refractivity (Wildman–Crippen MR) is 70.2 cm³/mol. The quantitative estimate of drug-likeness (QED) is 0.788. The highest BCUT2D eigenvalue weighted by Crippen LogP contribution is 2.18. The van der Waals surface area contributed by atoms with Gasteiger partial charge in [0.1, 0.15) is 0 Å². The van der Waals surface area contributed by atoms with Gasteiger partial charge < -0.3 is 10.2 Å². The van der Waals surface area contributed by atoms with Crippen LogP contribution in [0.15, 0.2) is 0 Å². The lowest BCUT2D eigenvalue weighted by atomic mass is 9.96. The van der Waals surface area contributed by atoms with Gasteiger partial charge in [-0.2, -0.15) is 5.21 Å². The van der Waals surface area contributed by atoms with Crippen LogP contribution >= 0.6 is 0 Å².